The molecule has 1 saturated heterocycles. The molecule has 0 amide bonds. The highest BCUT2D eigenvalue weighted by Crippen LogP contribution is 2.28. The Bertz CT molecular complexity index is 1310. The monoisotopic (exact) mass is 535 g/mol. The molecule has 0 unspecified atom stereocenters. The first kappa shape index (κ1) is 26.9. The highest BCUT2D eigenvalue weighted by Gasteiger charge is 2.22. The van der Waals surface area contributed by atoms with Crippen molar-refractivity contribution in [3.05, 3.63) is 48.4 Å². The lowest BCUT2D eigenvalue weighted by Gasteiger charge is -2.35. The average molecular weight is 536 g/mol. The molecule has 37 heavy (non-hydrogen) atoms. The minimum Gasteiger partial charge on any atom is -0.380 e. The van der Waals surface area contributed by atoms with Gasteiger partial charge in [-0.05, 0) is 31.5 Å². The zero-order chi connectivity index (χ0) is 26.4. The molecule has 10 nitrogen and oxygen atoms in total. The largest absolute Gasteiger partial charge is 0.380 e. The van der Waals surface area contributed by atoms with Crippen LogP contribution in [0.25, 0.3) is 16.9 Å². The minimum atomic E-state index is -3.76. The Morgan fingerprint density at radius 3 is 2.62 bits per heavy atom. The number of ether oxygens (including phenoxy) is 1. The summed E-state index contributed by atoms with van der Waals surface area (Å²) in [6.45, 7) is 9.49. The van der Waals surface area contributed by atoms with Crippen LogP contribution in [0.15, 0.2) is 36.8 Å². The van der Waals surface area contributed by atoms with E-state index >= 15 is 4.39 Å². The molecule has 1 aliphatic heterocycles. The Morgan fingerprint density at radius 2 is 1.89 bits per heavy atom. The molecule has 4 rings (SSSR count). The van der Waals surface area contributed by atoms with Crippen molar-refractivity contribution < 1.29 is 21.9 Å². The van der Waals surface area contributed by atoms with Gasteiger partial charge in [0.2, 0.25) is 10.0 Å². The summed E-state index contributed by atoms with van der Waals surface area (Å²) < 4.78 is 62.5. The van der Waals surface area contributed by atoms with Crippen LogP contribution >= 0.6 is 0 Å². The lowest BCUT2D eigenvalue weighted by molar-refractivity contribution is 0.111. The van der Waals surface area contributed by atoms with E-state index in [1.807, 2.05) is 13.0 Å². The molecule has 0 atom stereocenters. The van der Waals surface area contributed by atoms with Crippen molar-refractivity contribution in [1.82, 2.24) is 24.9 Å². The number of anilines is 2. The Hall–Kier alpha value is -3.16. The number of nitrogens with zero attached hydrogens (tertiary/aromatic N) is 6. The third-order valence-electron chi connectivity index (χ3n) is 6.04. The van der Waals surface area contributed by atoms with E-state index in [-0.39, 0.29) is 11.4 Å². The third-order valence-corrected chi connectivity index (χ3v) is 7.52. The maximum absolute atomic E-state index is 15.2. The SMILES string of the molecule is CCCS(=O)(=O)Nc1ccc(F)c(-n2cc(-c3cncc(N4CCN(CCOCC)CC4)c3)nn2)c1F. The van der Waals surface area contributed by atoms with Gasteiger partial charge in [0.25, 0.3) is 0 Å². The Kier molecular flexibility index (Phi) is 8.67. The normalized spacial score (nSPS) is 14.8. The highest BCUT2D eigenvalue weighted by molar-refractivity contribution is 7.92. The molecule has 0 spiro atoms. The van der Waals surface area contributed by atoms with Gasteiger partial charge in [-0.25, -0.2) is 21.9 Å². The molecule has 1 aromatic carbocycles. The summed E-state index contributed by atoms with van der Waals surface area (Å²) in [5.74, 6) is -2.16. The second kappa shape index (κ2) is 11.9. The Morgan fingerprint density at radius 1 is 1.11 bits per heavy atom. The number of pyridine rings is 1. The van der Waals surface area contributed by atoms with E-state index in [0.717, 1.165) is 61.8 Å². The van der Waals surface area contributed by atoms with E-state index in [4.69, 9.17) is 4.74 Å². The summed E-state index contributed by atoms with van der Waals surface area (Å²) in [5.41, 5.74) is 1.05. The van der Waals surface area contributed by atoms with Crippen LogP contribution in [0, 0.1) is 11.6 Å². The zero-order valence-electron chi connectivity index (χ0n) is 20.9. The maximum Gasteiger partial charge on any atom is 0.232 e. The first-order valence-corrected chi connectivity index (χ1v) is 13.9. The smallest absolute Gasteiger partial charge is 0.232 e. The van der Waals surface area contributed by atoms with Gasteiger partial charge in [-0.3, -0.25) is 14.6 Å². The van der Waals surface area contributed by atoms with E-state index in [0.29, 0.717) is 24.3 Å². The standard InChI is InChI=1S/C24H31F2N7O3S/c1-3-13-37(34,35)29-21-6-5-20(25)24(23(21)26)33-17-22(28-30-33)18-14-19(16-27-15-18)32-9-7-31(8-10-32)11-12-36-4-2/h5-6,14-17,29H,3-4,7-13H2,1-2H3. The summed E-state index contributed by atoms with van der Waals surface area (Å²) in [6.07, 6.45) is 5.12. The van der Waals surface area contributed by atoms with Gasteiger partial charge in [0.15, 0.2) is 11.6 Å². The van der Waals surface area contributed by atoms with Crippen molar-refractivity contribution in [3.8, 4) is 16.9 Å². The van der Waals surface area contributed by atoms with E-state index in [9.17, 15) is 12.8 Å². The Labute approximate surface area is 215 Å². The molecule has 0 saturated carbocycles. The van der Waals surface area contributed by atoms with Gasteiger partial charge in [0.05, 0.1) is 36.1 Å². The summed E-state index contributed by atoms with van der Waals surface area (Å²) >= 11 is 0. The van der Waals surface area contributed by atoms with E-state index in [1.165, 1.54) is 6.20 Å². The molecule has 2 aromatic heterocycles. The topological polar surface area (TPSA) is 105 Å². The molecule has 1 fully saturated rings. The number of halogens is 2. The number of aromatic nitrogens is 4. The van der Waals surface area contributed by atoms with E-state index < -0.39 is 27.3 Å². The first-order valence-electron chi connectivity index (χ1n) is 12.2. The second-order valence-corrected chi connectivity index (χ2v) is 10.5. The van der Waals surface area contributed by atoms with Crippen molar-refractivity contribution in [2.24, 2.45) is 0 Å². The fraction of sp³-hybridized carbons (Fsp3) is 0.458. The van der Waals surface area contributed by atoms with Crippen LogP contribution in [-0.4, -0.2) is 85.0 Å². The van der Waals surface area contributed by atoms with Gasteiger partial charge in [0.1, 0.15) is 11.4 Å². The van der Waals surface area contributed by atoms with Crippen LogP contribution in [0.4, 0.5) is 20.2 Å². The molecule has 13 heteroatoms. The van der Waals surface area contributed by atoms with Crippen molar-refractivity contribution >= 4 is 21.4 Å². The van der Waals surface area contributed by atoms with Crippen molar-refractivity contribution in [1.29, 1.82) is 0 Å². The van der Waals surface area contributed by atoms with E-state index in [1.54, 1.807) is 19.3 Å². The predicted octanol–water partition coefficient (Wildman–Crippen LogP) is 2.92. The summed E-state index contributed by atoms with van der Waals surface area (Å²) in [5, 5.41) is 7.97. The molecule has 200 valence electrons. The average Bonchev–Trinajstić information content (AvgIpc) is 3.36. The van der Waals surface area contributed by atoms with Gasteiger partial charge in [-0.2, -0.15) is 0 Å². The molecule has 3 heterocycles. The number of hydrogen-bond donors (Lipinski definition) is 1. The maximum atomic E-state index is 15.2. The predicted molar refractivity (Wildman–Crippen MR) is 137 cm³/mol. The fourth-order valence-electron chi connectivity index (χ4n) is 4.13. The fourth-order valence-corrected chi connectivity index (χ4v) is 5.26. The van der Waals surface area contributed by atoms with Crippen LogP contribution in [0.1, 0.15) is 20.3 Å². The van der Waals surface area contributed by atoms with Crippen LogP contribution < -0.4 is 9.62 Å². The second-order valence-electron chi connectivity index (χ2n) is 8.68. The summed E-state index contributed by atoms with van der Waals surface area (Å²) in [7, 11) is -3.76. The van der Waals surface area contributed by atoms with Gasteiger partial charge >= 0.3 is 0 Å². The molecule has 1 aliphatic rings. The first-order chi connectivity index (χ1) is 17.8. The van der Waals surface area contributed by atoms with Gasteiger partial charge in [0, 0.05) is 51.1 Å². The van der Waals surface area contributed by atoms with Gasteiger partial charge in [-0.15, -0.1) is 5.10 Å². The molecule has 3 aromatic rings. The van der Waals surface area contributed by atoms with Crippen LogP contribution in [0.2, 0.25) is 0 Å². The Balaban J connectivity index is 1.51. The highest BCUT2D eigenvalue weighted by atomic mass is 32.2. The molecule has 0 bridgehead atoms. The molecule has 0 radical (unpaired) electrons. The van der Waals surface area contributed by atoms with Crippen molar-refractivity contribution in [2.45, 2.75) is 20.3 Å². The number of piperazine rings is 1. The van der Waals surface area contributed by atoms with Gasteiger partial charge in [-0.1, -0.05) is 12.1 Å². The number of benzene rings is 1. The number of nitrogens with one attached hydrogen (secondary N) is 1. The molecular weight excluding hydrogens is 504 g/mol. The van der Waals surface area contributed by atoms with Crippen LogP contribution in [0.3, 0.4) is 0 Å². The van der Waals surface area contributed by atoms with Crippen LogP contribution in [0.5, 0.6) is 0 Å². The quantitative estimate of drug-likeness (QED) is 0.374. The summed E-state index contributed by atoms with van der Waals surface area (Å²) in [6, 6.07) is 3.95. The molecule has 0 aliphatic carbocycles. The summed E-state index contributed by atoms with van der Waals surface area (Å²) in [4.78, 5) is 8.91. The van der Waals surface area contributed by atoms with Crippen molar-refractivity contribution in [2.75, 3.05) is 61.3 Å². The van der Waals surface area contributed by atoms with Crippen molar-refractivity contribution in [3.63, 3.8) is 0 Å². The number of sulfonamides is 1. The van der Waals surface area contributed by atoms with E-state index in [2.05, 4.69) is 29.8 Å². The lowest BCUT2D eigenvalue weighted by atomic mass is 10.2. The number of rotatable bonds is 11. The third kappa shape index (κ3) is 6.59. The lowest BCUT2D eigenvalue weighted by Crippen LogP contribution is -2.47. The molecular formula is C24H31F2N7O3S. The van der Waals surface area contributed by atoms with Gasteiger partial charge < -0.3 is 9.64 Å². The van der Waals surface area contributed by atoms with Crippen LogP contribution in [-0.2, 0) is 14.8 Å². The molecule has 1 N–H and O–H groups in total. The minimum absolute atomic E-state index is 0.182. The number of hydrogen-bond acceptors (Lipinski definition) is 8. The zero-order valence-corrected chi connectivity index (χ0v) is 21.7.